The molecule has 0 saturated heterocycles. The van der Waals surface area contributed by atoms with Crippen molar-refractivity contribution in [3.8, 4) is 0 Å². The molecule has 8 heteroatoms. The minimum atomic E-state index is -0.813. The molecule has 1 fully saturated rings. The second-order valence-corrected chi connectivity index (χ2v) is 5.19. The third-order valence-corrected chi connectivity index (χ3v) is 3.55. The number of carbonyl (C=O) groups excluding carboxylic acids is 2. The average molecular weight is 349 g/mol. The van der Waals surface area contributed by atoms with E-state index in [2.05, 4.69) is 15.6 Å². The first-order chi connectivity index (χ1) is 9.60. The number of nitrogens with two attached hydrogens (primary N) is 1. The highest BCUT2D eigenvalue weighted by molar-refractivity contribution is 5.96. The maximum atomic E-state index is 12.0. The summed E-state index contributed by atoms with van der Waals surface area (Å²) in [7, 11) is 0. The first kappa shape index (κ1) is 20.6. The maximum Gasteiger partial charge on any atom is 0.243 e. The standard InChI is InChI=1S/C14H20N4O2.2ClH/c15-14(6-2-1-3-7-14)13(20)17-10-12(19)18-11-5-4-8-16-9-11;;/h4-5,8-9H,1-3,6-7,10,15H2,(H,17,20)(H,18,19);2*1H. The van der Waals surface area contributed by atoms with Crippen molar-refractivity contribution < 1.29 is 9.59 Å². The summed E-state index contributed by atoms with van der Waals surface area (Å²) >= 11 is 0. The number of aromatic nitrogens is 1. The van der Waals surface area contributed by atoms with Gasteiger partial charge in [0.25, 0.3) is 0 Å². The van der Waals surface area contributed by atoms with Gasteiger partial charge in [-0.15, -0.1) is 24.8 Å². The maximum absolute atomic E-state index is 12.0. The van der Waals surface area contributed by atoms with Crippen LogP contribution in [0.2, 0.25) is 0 Å². The summed E-state index contributed by atoms with van der Waals surface area (Å²) in [5.41, 5.74) is 5.88. The van der Waals surface area contributed by atoms with E-state index in [0.717, 1.165) is 19.3 Å². The van der Waals surface area contributed by atoms with Gasteiger partial charge in [0.1, 0.15) is 0 Å². The van der Waals surface area contributed by atoms with E-state index < -0.39 is 5.54 Å². The zero-order valence-corrected chi connectivity index (χ0v) is 13.8. The molecule has 0 unspecified atom stereocenters. The number of hydrogen-bond donors (Lipinski definition) is 3. The highest BCUT2D eigenvalue weighted by atomic mass is 35.5. The van der Waals surface area contributed by atoms with Gasteiger partial charge in [-0.2, -0.15) is 0 Å². The SMILES string of the molecule is Cl.Cl.NC1(C(=O)NCC(=O)Nc2cccnc2)CCCCC1. The molecule has 0 bridgehead atoms. The van der Waals surface area contributed by atoms with Gasteiger partial charge in [0.15, 0.2) is 0 Å². The summed E-state index contributed by atoms with van der Waals surface area (Å²) in [5, 5.41) is 5.27. The molecule has 0 spiro atoms. The third-order valence-electron chi connectivity index (χ3n) is 3.55. The van der Waals surface area contributed by atoms with Crippen molar-refractivity contribution in [3.05, 3.63) is 24.5 Å². The molecule has 1 saturated carbocycles. The normalized spacial score (nSPS) is 15.7. The Morgan fingerprint density at radius 1 is 1.23 bits per heavy atom. The molecular weight excluding hydrogens is 327 g/mol. The lowest BCUT2D eigenvalue weighted by molar-refractivity contribution is -0.129. The van der Waals surface area contributed by atoms with Crippen LogP contribution >= 0.6 is 24.8 Å². The molecule has 22 heavy (non-hydrogen) atoms. The van der Waals surface area contributed by atoms with Gasteiger partial charge < -0.3 is 16.4 Å². The van der Waals surface area contributed by atoms with Crippen molar-refractivity contribution in [2.75, 3.05) is 11.9 Å². The number of pyridine rings is 1. The monoisotopic (exact) mass is 348 g/mol. The summed E-state index contributed by atoms with van der Waals surface area (Å²) in [6.07, 6.45) is 7.58. The fraction of sp³-hybridized carbons (Fsp3) is 0.500. The van der Waals surface area contributed by atoms with Gasteiger partial charge in [-0.3, -0.25) is 14.6 Å². The predicted octanol–water partition coefficient (Wildman–Crippen LogP) is 1.64. The molecule has 4 N–H and O–H groups in total. The number of anilines is 1. The van der Waals surface area contributed by atoms with E-state index in [4.69, 9.17) is 5.73 Å². The molecule has 1 aromatic heterocycles. The molecule has 2 amide bonds. The fourth-order valence-corrected chi connectivity index (χ4v) is 2.39. The first-order valence-electron chi connectivity index (χ1n) is 6.87. The lowest BCUT2D eigenvalue weighted by Gasteiger charge is -2.31. The minimum Gasteiger partial charge on any atom is -0.345 e. The van der Waals surface area contributed by atoms with E-state index in [0.29, 0.717) is 18.5 Å². The van der Waals surface area contributed by atoms with Gasteiger partial charge in [-0.05, 0) is 25.0 Å². The average Bonchev–Trinajstić information content (AvgIpc) is 2.46. The van der Waals surface area contributed by atoms with E-state index in [1.165, 1.54) is 0 Å². The lowest BCUT2D eigenvalue weighted by atomic mass is 9.82. The van der Waals surface area contributed by atoms with Crippen LogP contribution in [0, 0.1) is 0 Å². The Morgan fingerprint density at radius 3 is 2.50 bits per heavy atom. The highest BCUT2D eigenvalue weighted by Gasteiger charge is 2.35. The molecule has 1 heterocycles. The van der Waals surface area contributed by atoms with Crippen molar-refractivity contribution in [1.29, 1.82) is 0 Å². The smallest absolute Gasteiger partial charge is 0.243 e. The molecule has 2 rings (SSSR count). The molecule has 6 nitrogen and oxygen atoms in total. The number of carbonyl (C=O) groups is 2. The van der Waals surface area contributed by atoms with Crippen LogP contribution < -0.4 is 16.4 Å². The van der Waals surface area contributed by atoms with Crippen LogP contribution in [0.3, 0.4) is 0 Å². The Kier molecular flexibility index (Phi) is 9.01. The second-order valence-electron chi connectivity index (χ2n) is 5.19. The number of hydrogen-bond acceptors (Lipinski definition) is 4. The van der Waals surface area contributed by atoms with E-state index in [-0.39, 0.29) is 43.2 Å². The van der Waals surface area contributed by atoms with Crippen LogP contribution in [0.4, 0.5) is 5.69 Å². The molecule has 0 atom stereocenters. The minimum absolute atomic E-state index is 0. The Labute approximate surface area is 142 Å². The molecule has 0 aromatic carbocycles. The van der Waals surface area contributed by atoms with E-state index in [9.17, 15) is 9.59 Å². The topological polar surface area (TPSA) is 97.1 Å². The van der Waals surface area contributed by atoms with E-state index in [1.807, 2.05) is 0 Å². The Hall–Kier alpha value is -1.37. The first-order valence-corrected chi connectivity index (χ1v) is 6.87. The van der Waals surface area contributed by atoms with Gasteiger partial charge >= 0.3 is 0 Å². The van der Waals surface area contributed by atoms with Crippen molar-refractivity contribution in [2.24, 2.45) is 5.73 Å². The van der Waals surface area contributed by atoms with Crippen molar-refractivity contribution in [2.45, 2.75) is 37.6 Å². The molecule has 0 aliphatic heterocycles. The van der Waals surface area contributed by atoms with Crippen LogP contribution in [-0.2, 0) is 9.59 Å². The number of rotatable bonds is 4. The summed E-state index contributed by atoms with van der Waals surface area (Å²) in [5.74, 6) is -0.524. The Morgan fingerprint density at radius 2 is 1.91 bits per heavy atom. The third kappa shape index (κ3) is 5.79. The molecule has 124 valence electrons. The molecule has 1 aliphatic carbocycles. The van der Waals surface area contributed by atoms with Crippen LogP contribution in [0.15, 0.2) is 24.5 Å². The van der Waals surface area contributed by atoms with E-state index >= 15 is 0 Å². The second kappa shape index (κ2) is 9.61. The Balaban J connectivity index is 0.00000220. The number of halogens is 2. The van der Waals surface area contributed by atoms with Crippen LogP contribution in [0.1, 0.15) is 32.1 Å². The fourth-order valence-electron chi connectivity index (χ4n) is 2.39. The predicted molar refractivity (Wildman–Crippen MR) is 90.4 cm³/mol. The zero-order valence-electron chi connectivity index (χ0n) is 12.2. The van der Waals surface area contributed by atoms with E-state index in [1.54, 1.807) is 24.5 Å². The summed E-state index contributed by atoms with van der Waals surface area (Å²) < 4.78 is 0. The largest absolute Gasteiger partial charge is 0.345 e. The summed E-state index contributed by atoms with van der Waals surface area (Å²) in [4.78, 5) is 27.7. The van der Waals surface area contributed by atoms with Gasteiger partial charge in [-0.25, -0.2) is 0 Å². The van der Waals surface area contributed by atoms with Crippen molar-refractivity contribution >= 4 is 42.3 Å². The van der Waals surface area contributed by atoms with Gasteiger partial charge in [0.05, 0.1) is 24.0 Å². The van der Waals surface area contributed by atoms with Gasteiger partial charge in [0, 0.05) is 6.20 Å². The highest BCUT2D eigenvalue weighted by Crippen LogP contribution is 2.25. The molecular formula is C14H22Cl2N4O2. The number of nitrogens with zero attached hydrogens (tertiary/aromatic N) is 1. The van der Waals surface area contributed by atoms with Gasteiger partial charge in [0.2, 0.25) is 11.8 Å². The van der Waals surface area contributed by atoms with Crippen LogP contribution in [-0.4, -0.2) is 28.9 Å². The van der Waals surface area contributed by atoms with Crippen molar-refractivity contribution in [1.82, 2.24) is 10.3 Å². The number of nitrogens with one attached hydrogen (secondary N) is 2. The zero-order chi connectivity index (χ0) is 14.4. The van der Waals surface area contributed by atoms with Crippen molar-refractivity contribution in [3.63, 3.8) is 0 Å². The van der Waals surface area contributed by atoms with Crippen LogP contribution in [0.5, 0.6) is 0 Å². The molecule has 1 aromatic rings. The quantitative estimate of drug-likeness (QED) is 0.770. The Bertz CT molecular complexity index is 479. The summed E-state index contributed by atoms with van der Waals surface area (Å²) in [6.45, 7) is -0.0767. The number of amides is 2. The van der Waals surface area contributed by atoms with Gasteiger partial charge in [-0.1, -0.05) is 19.3 Å². The molecule has 0 radical (unpaired) electrons. The lowest BCUT2D eigenvalue weighted by Crippen LogP contribution is -2.56. The van der Waals surface area contributed by atoms with Crippen LogP contribution in [0.25, 0.3) is 0 Å². The summed E-state index contributed by atoms with van der Waals surface area (Å²) in [6, 6.07) is 3.46. The molecule has 1 aliphatic rings.